The third-order valence-electron chi connectivity index (χ3n) is 2.72. The molecule has 23 heavy (non-hydrogen) atoms. The number of carbonyl (C=O) groups excluding carboxylic acids is 1. The van der Waals surface area contributed by atoms with Crippen LogP contribution in [0.5, 0.6) is 0 Å². The number of rotatable bonds is 5. The Hall–Kier alpha value is -1.86. The van der Waals surface area contributed by atoms with Gasteiger partial charge in [-0.1, -0.05) is 35.3 Å². The topological polar surface area (TPSA) is 75.3 Å². The molecule has 120 valence electrons. The summed E-state index contributed by atoms with van der Waals surface area (Å²) in [5.74, 6) is -0.592. The first-order valence-corrected chi connectivity index (χ1v) is 8.67. The summed E-state index contributed by atoms with van der Waals surface area (Å²) in [6.45, 7) is 0. The highest BCUT2D eigenvalue weighted by Crippen LogP contribution is 2.11. The quantitative estimate of drug-likeness (QED) is 0.793. The average molecular weight is 371 g/mol. The molecular formula is C15H12Cl2N2O3S. The van der Waals surface area contributed by atoms with Crippen molar-refractivity contribution < 1.29 is 13.2 Å². The van der Waals surface area contributed by atoms with Crippen LogP contribution in [0.3, 0.4) is 0 Å². The van der Waals surface area contributed by atoms with E-state index in [1.807, 2.05) is 4.83 Å². The lowest BCUT2D eigenvalue weighted by atomic mass is 10.2. The van der Waals surface area contributed by atoms with E-state index in [9.17, 15) is 13.2 Å². The summed E-state index contributed by atoms with van der Waals surface area (Å²) < 4.78 is 23.6. The van der Waals surface area contributed by atoms with Crippen LogP contribution in [0.25, 0.3) is 6.08 Å². The van der Waals surface area contributed by atoms with Crippen LogP contribution in [-0.2, 0) is 10.0 Å². The third kappa shape index (κ3) is 5.69. The van der Waals surface area contributed by atoms with Crippen molar-refractivity contribution in [1.82, 2.24) is 10.3 Å². The Bertz CT molecular complexity index is 817. The number of benzene rings is 2. The third-order valence-corrected chi connectivity index (χ3v) is 4.11. The van der Waals surface area contributed by atoms with Crippen molar-refractivity contribution >= 4 is 45.2 Å². The van der Waals surface area contributed by atoms with Gasteiger partial charge in [-0.05, 0) is 48.0 Å². The normalized spacial score (nSPS) is 11.6. The Morgan fingerprint density at radius 2 is 1.43 bits per heavy atom. The maximum Gasteiger partial charge on any atom is 0.266 e. The van der Waals surface area contributed by atoms with Gasteiger partial charge in [-0.3, -0.25) is 10.2 Å². The lowest BCUT2D eigenvalue weighted by Crippen LogP contribution is -2.40. The smallest absolute Gasteiger partial charge is 0.266 e. The van der Waals surface area contributed by atoms with Gasteiger partial charge in [0.2, 0.25) is 0 Å². The van der Waals surface area contributed by atoms with Gasteiger partial charge in [0.15, 0.2) is 0 Å². The van der Waals surface area contributed by atoms with E-state index in [1.54, 1.807) is 24.3 Å². The Kier molecular flexibility index (Phi) is 5.79. The van der Waals surface area contributed by atoms with Crippen LogP contribution in [0.15, 0.2) is 53.9 Å². The molecule has 0 unspecified atom stereocenters. The van der Waals surface area contributed by atoms with Crippen molar-refractivity contribution in [2.45, 2.75) is 0 Å². The molecule has 0 spiro atoms. The fraction of sp³-hybridized carbons (Fsp3) is 0. The minimum Gasteiger partial charge on any atom is -0.274 e. The zero-order valence-corrected chi connectivity index (χ0v) is 14.0. The predicted molar refractivity (Wildman–Crippen MR) is 91.5 cm³/mol. The number of nitrogens with one attached hydrogen (secondary N) is 2. The Balaban J connectivity index is 1.97. The largest absolute Gasteiger partial charge is 0.274 e. The first-order valence-electron chi connectivity index (χ1n) is 6.37. The molecule has 2 rings (SSSR count). The molecule has 0 radical (unpaired) electrons. The molecule has 0 saturated carbocycles. The summed E-state index contributed by atoms with van der Waals surface area (Å²) in [5.41, 5.74) is 3.04. The van der Waals surface area contributed by atoms with Crippen molar-refractivity contribution in [3.05, 3.63) is 75.1 Å². The number of carbonyl (C=O) groups is 1. The Labute approximate surface area is 143 Å². The lowest BCUT2D eigenvalue weighted by molar-refractivity contribution is 0.0945. The number of hydrogen-bond donors (Lipinski definition) is 2. The van der Waals surface area contributed by atoms with Gasteiger partial charge < -0.3 is 0 Å². The fourth-order valence-electron chi connectivity index (χ4n) is 1.57. The van der Waals surface area contributed by atoms with Crippen LogP contribution in [0.1, 0.15) is 15.9 Å². The molecule has 0 heterocycles. The van der Waals surface area contributed by atoms with Gasteiger partial charge in [0.05, 0.1) is 0 Å². The maximum atomic E-state index is 11.8. The Morgan fingerprint density at radius 3 is 2.00 bits per heavy atom. The fourth-order valence-corrected chi connectivity index (χ4v) is 2.46. The number of hydrogen-bond acceptors (Lipinski definition) is 3. The maximum absolute atomic E-state index is 11.8. The molecule has 0 bridgehead atoms. The van der Waals surface area contributed by atoms with Gasteiger partial charge in [0, 0.05) is 21.0 Å². The molecule has 1 amide bonds. The van der Waals surface area contributed by atoms with Gasteiger partial charge in [0.25, 0.3) is 15.9 Å². The van der Waals surface area contributed by atoms with E-state index in [0.717, 1.165) is 5.41 Å². The lowest BCUT2D eigenvalue weighted by Gasteiger charge is -2.05. The summed E-state index contributed by atoms with van der Waals surface area (Å²) in [6, 6.07) is 12.6. The molecule has 2 N–H and O–H groups in total. The van der Waals surface area contributed by atoms with Crippen molar-refractivity contribution in [1.29, 1.82) is 0 Å². The van der Waals surface area contributed by atoms with Crippen LogP contribution in [0.4, 0.5) is 0 Å². The van der Waals surface area contributed by atoms with Crippen LogP contribution >= 0.6 is 23.2 Å². The van der Waals surface area contributed by atoms with Crippen molar-refractivity contribution in [2.75, 3.05) is 0 Å². The van der Waals surface area contributed by atoms with Gasteiger partial charge >= 0.3 is 0 Å². The van der Waals surface area contributed by atoms with E-state index in [4.69, 9.17) is 23.2 Å². The number of hydrazine groups is 1. The van der Waals surface area contributed by atoms with E-state index >= 15 is 0 Å². The van der Waals surface area contributed by atoms with E-state index in [-0.39, 0.29) is 5.56 Å². The summed E-state index contributed by atoms with van der Waals surface area (Å²) in [7, 11) is -3.82. The molecule has 8 heteroatoms. The molecule has 2 aromatic carbocycles. The second kappa shape index (κ2) is 7.61. The van der Waals surface area contributed by atoms with Crippen LogP contribution in [-0.4, -0.2) is 14.3 Å². The molecule has 0 aliphatic heterocycles. The summed E-state index contributed by atoms with van der Waals surface area (Å²) in [4.78, 5) is 13.8. The van der Waals surface area contributed by atoms with Crippen molar-refractivity contribution in [3.63, 3.8) is 0 Å². The monoisotopic (exact) mass is 370 g/mol. The zero-order chi connectivity index (χ0) is 16.9. The van der Waals surface area contributed by atoms with Crippen LogP contribution in [0, 0.1) is 0 Å². The summed E-state index contributed by atoms with van der Waals surface area (Å²) >= 11 is 11.5. The minimum absolute atomic E-state index is 0.277. The van der Waals surface area contributed by atoms with E-state index < -0.39 is 15.9 Å². The SMILES string of the molecule is O=C(NNS(=O)(=O)/C=C/c1ccc(Cl)cc1)c1ccc(Cl)cc1. The summed E-state index contributed by atoms with van der Waals surface area (Å²) in [6.07, 6.45) is 1.38. The van der Waals surface area contributed by atoms with E-state index in [1.165, 1.54) is 30.3 Å². The molecule has 0 aliphatic rings. The molecule has 2 aromatic rings. The number of halogens is 2. The van der Waals surface area contributed by atoms with Gasteiger partial charge in [0.1, 0.15) is 0 Å². The predicted octanol–water partition coefficient (Wildman–Crippen LogP) is 3.23. The highest BCUT2D eigenvalue weighted by molar-refractivity contribution is 7.92. The molecule has 0 aliphatic carbocycles. The minimum atomic E-state index is -3.82. The van der Waals surface area contributed by atoms with E-state index in [2.05, 4.69) is 5.43 Å². The Morgan fingerprint density at radius 1 is 0.913 bits per heavy atom. The molecule has 0 saturated heterocycles. The molecular weight excluding hydrogens is 359 g/mol. The zero-order valence-electron chi connectivity index (χ0n) is 11.7. The summed E-state index contributed by atoms with van der Waals surface area (Å²) in [5, 5.41) is 1.98. The first-order chi connectivity index (χ1) is 10.9. The number of amides is 1. The van der Waals surface area contributed by atoms with Gasteiger partial charge in [-0.2, -0.15) is 0 Å². The molecule has 5 nitrogen and oxygen atoms in total. The van der Waals surface area contributed by atoms with Gasteiger partial charge in [-0.15, -0.1) is 4.83 Å². The van der Waals surface area contributed by atoms with Crippen LogP contribution < -0.4 is 10.3 Å². The highest BCUT2D eigenvalue weighted by Gasteiger charge is 2.09. The number of sulfonamides is 1. The highest BCUT2D eigenvalue weighted by atomic mass is 35.5. The average Bonchev–Trinajstić information content (AvgIpc) is 2.53. The second-order valence-corrected chi connectivity index (χ2v) is 6.90. The first kappa shape index (κ1) is 17.5. The van der Waals surface area contributed by atoms with Crippen molar-refractivity contribution in [2.24, 2.45) is 0 Å². The standard InChI is InChI=1S/C15H12Cl2N2O3S/c16-13-5-1-11(2-6-13)9-10-23(21,22)19-18-15(20)12-3-7-14(17)8-4-12/h1-10,19H,(H,18,20)/b10-9+. The van der Waals surface area contributed by atoms with Crippen LogP contribution in [0.2, 0.25) is 10.0 Å². The second-order valence-electron chi connectivity index (χ2n) is 4.46. The molecule has 0 fully saturated rings. The van der Waals surface area contributed by atoms with Gasteiger partial charge in [-0.25, -0.2) is 8.42 Å². The molecule has 0 aromatic heterocycles. The molecule has 0 atom stereocenters. The van der Waals surface area contributed by atoms with E-state index in [0.29, 0.717) is 15.6 Å². The van der Waals surface area contributed by atoms with Crippen molar-refractivity contribution in [3.8, 4) is 0 Å².